The lowest BCUT2D eigenvalue weighted by Crippen LogP contribution is -2.30. The van der Waals surface area contributed by atoms with Crippen molar-refractivity contribution in [3.05, 3.63) is 38.8 Å². The molecule has 1 N–H and O–H groups in total. The van der Waals surface area contributed by atoms with E-state index in [-0.39, 0.29) is 4.90 Å². The van der Waals surface area contributed by atoms with Crippen molar-refractivity contribution < 1.29 is 8.42 Å². The molecule has 0 radical (unpaired) electrons. The van der Waals surface area contributed by atoms with Crippen LogP contribution in [0, 0.1) is 12.8 Å². The van der Waals surface area contributed by atoms with Gasteiger partial charge in [-0.3, -0.25) is 0 Å². The molecule has 3 nitrogen and oxygen atoms in total. The Labute approximate surface area is 137 Å². The molecule has 6 heteroatoms. The van der Waals surface area contributed by atoms with Crippen LogP contribution in [0.3, 0.4) is 0 Å². The van der Waals surface area contributed by atoms with Crippen molar-refractivity contribution in [3.63, 3.8) is 0 Å². The predicted octanol–water partition coefficient (Wildman–Crippen LogP) is 4.15. The van der Waals surface area contributed by atoms with Crippen LogP contribution < -0.4 is 4.72 Å². The second-order valence-corrected chi connectivity index (χ2v) is 8.48. The van der Waals surface area contributed by atoms with Crippen LogP contribution in [-0.4, -0.2) is 15.0 Å². The molecule has 0 amide bonds. The number of allylic oxidation sites excluding steroid dienone is 2. The molecule has 2 rings (SSSR count). The minimum absolute atomic E-state index is 0.279. The third-order valence-corrected chi connectivity index (χ3v) is 6.68. The third-order valence-electron chi connectivity index (χ3n) is 3.44. The van der Waals surface area contributed by atoms with Crippen molar-refractivity contribution in [2.24, 2.45) is 5.92 Å². The second kappa shape index (κ2) is 6.73. The first kappa shape index (κ1) is 16.2. The smallest absolute Gasteiger partial charge is 0.211 e. The number of hydrogen-bond donors (Lipinski definition) is 1. The van der Waals surface area contributed by atoms with Crippen molar-refractivity contribution in [2.45, 2.75) is 31.1 Å². The minimum Gasteiger partial charge on any atom is -0.211 e. The molecule has 0 heterocycles. The van der Waals surface area contributed by atoms with Crippen LogP contribution in [0.15, 0.2) is 38.1 Å². The molecule has 0 saturated carbocycles. The van der Waals surface area contributed by atoms with E-state index in [2.05, 4.69) is 48.7 Å². The zero-order valence-corrected chi connectivity index (χ0v) is 15.2. The van der Waals surface area contributed by atoms with E-state index in [1.807, 2.05) is 13.0 Å². The van der Waals surface area contributed by atoms with Crippen molar-refractivity contribution in [2.75, 3.05) is 6.54 Å². The summed E-state index contributed by atoms with van der Waals surface area (Å²) in [5, 5.41) is 0. The topological polar surface area (TPSA) is 46.2 Å². The summed E-state index contributed by atoms with van der Waals surface area (Å²) in [6.45, 7) is 2.41. The Hall–Kier alpha value is -0.170. The van der Waals surface area contributed by atoms with E-state index in [9.17, 15) is 8.42 Å². The number of hydrogen-bond acceptors (Lipinski definition) is 2. The SMILES string of the molecule is Cc1cc(Br)c(S(=O)(=O)NCC2CC=CCC2)cc1Br. The van der Waals surface area contributed by atoms with E-state index in [0.717, 1.165) is 29.3 Å². The number of benzene rings is 1. The second-order valence-electron chi connectivity index (χ2n) is 5.03. The molecule has 1 aromatic carbocycles. The molecule has 1 aromatic rings. The zero-order valence-electron chi connectivity index (χ0n) is 11.2. The van der Waals surface area contributed by atoms with E-state index < -0.39 is 10.0 Å². The van der Waals surface area contributed by atoms with Gasteiger partial charge in [0.25, 0.3) is 0 Å². The van der Waals surface area contributed by atoms with E-state index in [0.29, 0.717) is 16.9 Å². The van der Waals surface area contributed by atoms with Crippen molar-refractivity contribution >= 4 is 41.9 Å². The lowest BCUT2D eigenvalue weighted by Gasteiger charge is -2.18. The highest BCUT2D eigenvalue weighted by molar-refractivity contribution is 9.11. The molecule has 0 aromatic heterocycles. The summed E-state index contributed by atoms with van der Waals surface area (Å²) in [6.07, 6.45) is 7.30. The average Bonchev–Trinajstić information content (AvgIpc) is 2.42. The molecule has 0 aliphatic heterocycles. The van der Waals surface area contributed by atoms with Gasteiger partial charge in [0.15, 0.2) is 0 Å². The van der Waals surface area contributed by atoms with Gasteiger partial charge in [-0.05, 0) is 65.7 Å². The maximum atomic E-state index is 12.4. The number of halogens is 2. The van der Waals surface area contributed by atoms with Gasteiger partial charge in [0.05, 0.1) is 4.90 Å². The van der Waals surface area contributed by atoms with Crippen LogP contribution in [-0.2, 0) is 10.0 Å². The first-order valence-corrected chi connectivity index (χ1v) is 9.57. The van der Waals surface area contributed by atoms with Crippen molar-refractivity contribution in [3.8, 4) is 0 Å². The largest absolute Gasteiger partial charge is 0.241 e. The maximum absolute atomic E-state index is 12.4. The summed E-state index contributed by atoms with van der Waals surface area (Å²) < 4.78 is 28.9. The van der Waals surface area contributed by atoms with E-state index >= 15 is 0 Å². The summed E-state index contributed by atoms with van der Waals surface area (Å²) in [4.78, 5) is 0.279. The fourth-order valence-electron chi connectivity index (χ4n) is 2.18. The molecule has 1 atom stereocenters. The third kappa shape index (κ3) is 3.93. The van der Waals surface area contributed by atoms with Gasteiger partial charge in [0, 0.05) is 15.5 Å². The fourth-order valence-corrected chi connectivity index (χ4v) is 4.97. The van der Waals surface area contributed by atoms with E-state index in [1.165, 1.54) is 0 Å². The van der Waals surface area contributed by atoms with Gasteiger partial charge in [-0.2, -0.15) is 0 Å². The quantitative estimate of drug-likeness (QED) is 0.740. The number of nitrogens with one attached hydrogen (secondary N) is 1. The Bertz CT molecular complexity index is 626. The zero-order chi connectivity index (χ0) is 14.8. The van der Waals surface area contributed by atoms with Gasteiger partial charge in [0.1, 0.15) is 0 Å². The Kier molecular flexibility index (Phi) is 5.45. The van der Waals surface area contributed by atoms with Crippen LogP contribution in [0.5, 0.6) is 0 Å². The van der Waals surface area contributed by atoms with Crippen LogP contribution >= 0.6 is 31.9 Å². The Morgan fingerprint density at radius 2 is 2.00 bits per heavy atom. The molecule has 0 bridgehead atoms. The lowest BCUT2D eigenvalue weighted by molar-refractivity contribution is 0.468. The Balaban J connectivity index is 2.14. The highest BCUT2D eigenvalue weighted by Crippen LogP contribution is 2.29. The van der Waals surface area contributed by atoms with Gasteiger partial charge in [-0.25, -0.2) is 13.1 Å². The molecule has 0 spiro atoms. The van der Waals surface area contributed by atoms with Crippen molar-refractivity contribution in [1.29, 1.82) is 0 Å². The molecule has 110 valence electrons. The fraction of sp³-hybridized carbons (Fsp3) is 0.429. The minimum atomic E-state index is -3.48. The van der Waals surface area contributed by atoms with Crippen LogP contribution in [0.25, 0.3) is 0 Å². The predicted molar refractivity (Wildman–Crippen MR) is 88.2 cm³/mol. The highest BCUT2D eigenvalue weighted by Gasteiger charge is 2.20. The Morgan fingerprint density at radius 3 is 2.65 bits per heavy atom. The highest BCUT2D eigenvalue weighted by atomic mass is 79.9. The summed E-state index contributed by atoms with van der Waals surface area (Å²) >= 11 is 6.71. The molecule has 20 heavy (non-hydrogen) atoms. The first-order valence-electron chi connectivity index (χ1n) is 6.50. The molecule has 1 aliphatic rings. The number of rotatable bonds is 4. The standard InChI is InChI=1S/C14H17Br2NO2S/c1-10-7-13(16)14(8-12(10)15)20(18,19)17-9-11-5-3-2-4-6-11/h2-3,7-8,11,17H,4-6,9H2,1H3. The molecular formula is C14H17Br2NO2S. The first-order chi connectivity index (χ1) is 9.40. The molecule has 1 unspecified atom stereocenters. The van der Waals surface area contributed by atoms with Gasteiger partial charge >= 0.3 is 0 Å². The summed E-state index contributed by atoms with van der Waals surface area (Å²) in [5.41, 5.74) is 0.994. The lowest BCUT2D eigenvalue weighted by atomic mass is 9.95. The van der Waals surface area contributed by atoms with Gasteiger partial charge in [0.2, 0.25) is 10.0 Å². The summed E-state index contributed by atoms with van der Waals surface area (Å²) in [7, 11) is -3.48. The molecule has 0 fully saturated rings. The maximum Gasteiger partial charge on any atom is 0.241 e. The van der Waals surface area contributed by atoms with Crippen LogP contribution in [0.2, 0.25) is 0 Å². The van der Waals surface area contributed by atoms with Crippen molar-refractivity contribution in [1.82, 2.24) is 4.72 Å². The van der Waals surface area contributed by atoms with E-state index in [1.54, 1.807) is 6.07 Å². The van der Waals surface area contributed by atoms with E-state index in [4.69, 9.17) is 0 Å². The summed E-state index contributed by atoms with van der Waals surface area (Å²) in [6, 6.07) is 3.45. The van der Waals surface area contributed by atoms with Gasteiger partial charge in [-0.1, -0.05) is 28.1 Å². The molecule has 1 aliphatic carbocycles. The van der Waals surface area contributed by atoms with Crippen LogP contribution in [0.4, 0.5) is 0 Å². The average molecular weight is 423 g/mol. The van der Waals surface area contributed by atoms with Gasteiger partial charge < -0.3 is 0 Å². The van der Waals surface area contributed by atoms with Crippen LogP contribution in [0.1, 0.15) is 24.8 Å². The molecule has 0 saturated heterocycles. The summed E-state index contributed by atoms with van der Waals surface area (Å²) in [5.74, 6) is 0.391. The molecular weight excluding hydrogens is 406 g/mol. The van der Waals surface area contributed by atoms with Gasteiger partial charge in [-0.15, -0.1) is 0 Å². The number of aryl methyl sites for hydroxylation is 1. The number of sulfonamides is 1. The monoisotopic (exact) mass is 421 g/mol. The normalized spacial score (nSPS) is 19.2. The Morgan fingerprint density at radius 1 is 1.25 bits per heavy atom.